The Morgan fingerprint density at radius 1 is 1.05 bits per heavy atom. The molecule has 0 radical (unpaired) electrons. The number of hydrogen-bond acceptors (Lipinski definition) is 4. The summed E-state index contributed by atoms with van der Waals surface area (Å²) in [7, 11) is 0. The van der Waals surface area contributed by atoms with Crippen LogP contribution in [0.5, 0.6) is 0 Å². The van der Waals surface area contributed by atoms with Crippen LogP contribution < -0.4 is 0 Å². The molecule has 0 atom stereocenters. The molecule has 2 saturated heterocycles. The lowest BCUT2D eigenvalue weighted by molar-refractivity contribution is -0.138. The fraction of sp³-hybridized carbons (Fsp3) is 0.867. The third kappa shape index (κ3) is 4.09. The molecule has 21 heavy (non-hydrogen) atoms. The number of piperazine rings is 1. The van der Waals surface area contributed by atoms with Crippen molar-refractivity contribution in [2.45, 2.75) is 45.8 Å². The van der Waals surface area contributed by atoms with Crippen molar-refractivity contribution >= 4 is 12.0 Å². The summed E-state index contributed by atoms with van der Waals surface area (Å²) in [5.41, 5.74) is -0.441. The summed E-state index contributed by atoms with van der Waals surface area (Å²) in [5.74, 6) is 0.235. The zero-order valence-corrected chi connectivity index (χ0v) is 13.6. The number of carbonyl (C=O) groups excluding carboxylic acids is 2. The zero-order valence-electron chi connectivity index (χ0n) is 13.6. The molecule has 120 valence electrons. The highest BCUT2D eigenvalue weighted by atomic mass is 16.6. The lowest BCUT2D eigenvalue weighted by Crippen LogP contribution is -2.64. The third-order valence-electron chi connectivity index (χ3n) is 4.00. The lowest BCUT2D eigenvalue weighted by atomic mass is 10.1. The molecule has 2 fully saturated rings. The van der Waals surface area contributed by atoms with Crippen LogP contribution in [0.25, 0.3) is 0 Å². The van der Waals surface area contributed by atoms with Crippen molar-refractivity contribution in [2.75, 3.05) is 39.3 Å². The highest BCUT2D eigenvalue weighted by molar-refractivity contribution is 5.76. The van der Waals surface area contributed by atoms with Crippen molar-refractivity contribution in [2.24, 2.45) is 0 Å². The van der Waals surface area contributed by atoms with Crippen molar-refractivity contribution in [1.82, 2.24) is 14.7 Å². The molecule has 0 aromatic rings. The average molecular weight is 297 g/mol. The van der Waals surface area contributed by atoms with Crippen molar-refractivity contribution in [1.29, 1.82) is 0 Å². The van der Waals surface area contributed by atoms with Crippen LogP contribution in [0, 0.1) is 0 Å². The van der Waals surface area contributed by atoms with E-state index in [9.17, 15) is 9.59 Å². The molecule has 2 aliphatic rings. The second-order valence-corrected chi connectivity index (χ2v) is 6.81. The number of likely N-dealkylation sites (tertiary alicyclic amines) is 1. The van der Waals surface area contributed by atoms with Crippen molar-refractivity contribution in [3.8, 4) is 0 Å². The Bertz CT molecular complexity index is 391. The van der Waals surface area contributed by atoms with Crippen LogP contribution in [-0.2, 0) is 9.53 Å². The van der Waals surface area contributed by atoms with Crippen molar-refractivity contribution in [3.05, 3.63) is 0 Å². The number of rotatable bonds is 2. The van der Waals surface area contributed by atoms with Gasteiger partial charge in [-0.1, -0.05) is 6.92 Å². The van der Waals surface area contributed by atoms with Crippen molar-refractivity contribution < 1.29 is 14.3 Å². The van der Waals surface area contributed by atoms with Gasteiger partial charge in [0, 0.05) is 51.7 Å². The molecule has 0 aromatic heterocycles. The molecule has 2 aliphatic heterocycles. The van der Waals surface area contributed by atoms with E-state index in [-0.39, 0.29) is 12.0 Å². The smallest absolute Gasteiger partial charge is 0.410 e. The normalized spacial score (nSPS) is 21.1. The van der Waals surface area contributed by atoms with Gasteiger partial charge in [-0.15, -0.1) is 0 Å². The molecule has 0 spiro atoms. The number of hydrogen-bond donors (Lipinski definition) is 0. The van der Waals surface area contributed by atoms with Crippen molar-refractivity contribution in [3.63, 3.8) is 0 Å². The van der Waals surface area contributed by atoms with Gasteiger partial charge in [-0.05, 0) is 20.8 Å². The molecular weight excluding hydrogens is 270 g/mol. The standard InChI is InChI=1S/C15H27N3O3/c1-5-13(19)18-10-12(11-18)16-6-8-17(9-7-16)14(20)21-15(2,3)4/h12H,5-11H2,1-4H3. The predicted octanol–water partition coefficient (Wildman–Crippen LogP) is 1.16. The first kappa shape index (κ1) is 16.1. The number of ether oxygens (including phenoxy) is 1. The zero-order chi connectivity index (χ0) is 15.6. The molecule has 0 bridgehead atoms. The van der Waals surface area contributed by atoms with E-state index in [0.717, 1.165) is 26.2 Å². The van der Waals surface area contributed by atoms with E-state index in [1.807, 2.05) is 32.6 Å². The maximum absolute atomic E-state index is 12.0. The quantitative estimate of drug-likeness (QED) is 0.767. The molecule has 0 saturated carbocycles. The Labute approximate surface area is 127 Å². The number of carbonyl (C=O) groups is 2. The van der Waals surface area contributed by atoms with Crippen LogP contribution in [0.1, 0.15) is 34.1 Å². The largest absolute Gasteiger partial charge is 0.444 e. The fourth-order valence-corrected chi connectivity index (χ4v) is 2.71. The summed E-state index contributed by atoms with van der Waals surface area (Å²) in [6.45, 7) is 12.3. The summed E-state index contributed by atoms with van der Waals surface area (Å²) >= 11 is 0. The molecule has 2 heterocycles. The Kier molecular flexibility index (Phi) is 4.76. The van der Waals surface area contributed by atoms with E-state index >= 15 is 0 Å². The topological polar surface area (TPSA) is 53.1 Å². The van der Waals surface area contributed by atoms with Crippen LogP contribution in [0.15, 0.2) is 0 Å². The van der Waals surface area contributed by atoms with E-state index in [1.165, 1.54) is 0 Å². The molecule has 6 heteroatoms. The summed E-state index contributed by atoms with van der Waals surface area (Å²) in [6, 6.07) is 0.460. The van der Waals surface area contributed by atoms with Crippen LogP contribution >= 0.6 is 0 Å². The molecule has 2 rings (SSSR count). The minimum Gasteiger partial charge on any atom is -0.444 e. The molecule has 0 aliphatic carbocycles. The van der Waals surface area contributed by atoms with Crippen LogP contribution in [-0.4, -0.2) is 77.6 Å². The van der Waals surface area contributed by atoms with Gasteiger partial charge in [-0.2, -0.15) is 0 Å². The Balaban J connectivity index is 1.72. The number of nitrogens with zero attached hydrogens (tertiary/aromatic N) is 3. The highest BCUT2D eigenvalue weighted by Crippen LogP contribution is 2.19. The van der Waals surface area contributed by atoms with Gasteiger partial charge in [-0.25, -0.2) is 4.79 Å². The molecule has 0 N–H and O–H groups in total. The van der Waals surface area contributed by atoms with E-state index in [2.05, 4.69) is 4.90 Å². The molecular formula is C15H27N3O3. The van der Waals surface area contributed by atoms with Gasteiger partial charge < -0.3 is 14.5 Å². The third-order valence-corrected chi connectivity index (χ3v) is 4.00. The molecule has 2 amide bonds. The maximum atomic E-state index is 12.0. The molecule has 6 nitrogen and oxygen atoms in total. The Hall–Kier alpha value is -1.30. The van der Waals surface area contributed by atoms with Gasteiger partial charge >= 0.3 is 6.09 Å². The second kappa shape index (κ2) is 6.22. The SMILES string of the molecule is CCC(=O)N1CC(N2CCN(C(=O)OC(C)(C)C)CC2)C1. The highest BCUT2D eigenvalue weighted by Gasteiger charge is 2.36. The van der Waals surface area contributed by atoms with Gasteiger partial charge in [0.25, 0.3) is 0 Å². The molecule has 0 aromatic carbocycles. The number of amides is 2. The van der Waals surface area contributed by atoms with Gasteiger partial charge in [-0.3, -0.25) is 9.69 Å². The Morgan fingerprint density at radius 2 is 1.62 bits per heavy atom. The van der Waals surface area contributed by atoms with E-state index in [4.69, 9.17) is 4.74 Å². The van der Waals surface area contributed by atoms with Crippen LogP contribution in [0.2, 0.25) is 0 Å². The average Bonchev–Trinajstić information content (AvgIpc) is 2.35. The second-order valence-electron chi connectivity index (χ2n) is 6.81. The van der Waals surface area contributed by atoms with Gasteiger partial charge in [0.1, 0.15) is 5.60 Å². The van der Waals surface area contributed by atoms with E-state index in [1.54, 1.807) is 4.90 Å². The van der Waals surface area contributed by atoms with E-state index in [0.29, 0.717) is 25.6 Å². The van der Waals surface area contributed by atoms with Gasteiger partial charge in [0.2, 0.25) is 5.91 Å². The van der Waals surface area contributed by atoms with Crippen LogP contribution in [0.4, 0.5) is 4.79 Å². The maximum Gasteiger partial charge on any atom is 0.410 e. The van der Waals surface area contributed by atoms with Crippen LogP contribution in [0.3, 0.4) is 0 Å². The predicted molar refractivity (Wildman–Crippen MR) is 80.0 cm³/mol. The minimum atomic E-state index is -0.441. The first-order valence-electron chi connectivity index (χ1n) is 7.80. The summed E-state index contributed by atoms with van der Waals surface area (Å²) < 4.78 is 5.39. The first-order valence-corrected chi connectivity index (χ1v) is 7.80. The first-order chi connectivity index (χ1) is 9.80. The monoisotopic (exact) mass is 297 g/mol. The minimum absolute atomic E-state index is 0.224. The summed E-state index contributed by atoms with van der Waals surface area (Å²) in [6.07, 6.45) is 0.359. The summed E-state index contributed by atoms with van der Waals surface area (Å²) in [5, 5.41) is 0. The molecule has 0 unspecified atom stereocenters. The van der Waals surface area contributed by atoms with E-state index < -0.39 is 5.60 Å². The van der Waals surface area contributed by atoms with Gasteiger partial charge in [0.15, 0.2) is 0 Å². The summed E-state index contributed by atoms with van der Waals surface area (Å²) in [4.78, 5) is 29.6. The van der Waals surface area contributed by atoms with Gasteiger partial charge in [0.05, 0.1) is 0 Å². The fourth-order valence-electron chi connectivity index (χ4n) is 2.71. The Morgan fingerprint density at radius 3 is 2.10 bits per heavy atom. The lowest BCUT2D eigenvalue weighted by Gasteiger charge is -2.48.